The van der Waals surface area contributed by atoms with Crippen molar-refractivity contribution >= 4 is 15.7 Å². The summed E-state index contributed by atoms with van der Waals surface area (Å²) >= 11 is 0. The van der Waals surface area contributed by atoms with Crippen molar-refractivity contribution < 1.29 is 12.8 Å². The van der Waals surface area contributed by atoms with Crippen molar-refractivity contribution in [1.29, 1.82) is 0 Å². The fourth-order valence-corrected chi connectivity index (χ4v) is 6.98. The Morgan fingerprint density at radius 1 is 0.939 bits per heavy atom. The second-order valence-electron chi connectivity index (χ2n) is 8.82. The van der Waals surface area contributed by atoms with Gasteiger partial charge in [-0.25, -0.2) is 12.8 Å². The van der Waals surface area contributed by atoms with Crippen LogP contribution in [0.25, 0.3) is 0 Å². The second kappa shape index (κ2) is 9.23. The van der Waals surface area contributed by atoms with Gasteiger partial charge in [-0.15, -0.1) is 10.2 Å². The van der Waals surface area contributed by atoms with Crippen molar-refractivity contribution in [3.05, 3.63) is 78.1 Å². The molecule has 2 saturated heterocycles. The Morgan fingerprint density at radius 2 is 1.67 bits per heavy atom. The van der Waals surface area contributed by atoms with Crippen LogP contribution in [0.1, 0.15) is 48.1 Å². The van der Waals surface area contributed by atoms with Crippen LogP contribution in [-0.4, -0.2) is 47.1 Å². The van der Waals surface area contributed by atoms with Gasteiger partial charge in [-0.1, -0.05) is 36.4 Å². The molecule has 2 aliphatic rings. The highest BCUT2D eigenvalue weighted by Crippen LogP contribution is 2.35. The SMILES string of the molecule is O=S1(=O)C(c2ccccc2)CCCN1Cc1ccc(N2CCC(n3cnnc3)CC2)cc1F. The van der Waals surface area contributed by atoms with Crippen LogP contribution in [0, 0.1) is 5.82 Å². The molecule has 0 aliphatic carbocycles. The van der Waals surface area contributed by atoms with E-state index in [9.17, 15) is 8.42 Å². The molecular formula is C24H28FN5O2S. The fourth-order valence-electron chi connectivity index (χ4n) is 4.96. The molecule has 0 N–H and O–H groups in total. The number of aromatic nitrogens is 3. The molecule has 5 rings (SSSR count). The average Bonchev–Trinajstić information content (AvgIpc) is 3.37. The maximum absolute atomic E-state index is 15.1. The Hall–Kier alpha value is -2.78. The third kappa shape index (κ3) is 4.52. The fraction of sp³-hybridized carbons (Fsp3) is 0.417. The van der Waals surface area contributed by atoms with Gasteiger partial charge >= 0.3 is 0 Å². The number of nitrogens with zero attached hydrogens (tertiary/aromatic N) is 5. The zero-order valence-corrected chi connectivity index (χ0v) is 19.2. The van der Waals surface area contributed by atoms with Crippen LogP contribution >= 0.6 is 0 Å². The van der Waals surface area contributed by atoms with Crippen molar-refractivity contribution in [2.75, 3.05) is 24.5 Å². The van der Waals surface area contributed by atoms with E-state index in [0.29, 0.717) is 24.6 Å². The first-order valence-electron chi connectivity index (χ1n) is 11.4. The quantitative estimate of drug-likeness (QED) is 0.566. The molecule has 1 unspecified atom stereocenters. The van der Waals surface area contributed by atoms with Crippen molar-refractivity contribution in [2.24, 2.45) is 0 Å². The number of hydrogen-bond donors (Lipinski definition) is 0. The molecule has 33 heavy (non-hydrogen) atoms. The summed E-state index contributed by atoms with van der Waals surface area (Å²) in [6, 6.07) is 14.9. The van der Waals surface area contributed by atoms with Crippen LogP contribution in [0.2, 0.25) is 0 Å². The largest absolute Gasteiger partial charge is 0.371 e. The average molecular weight is 470 g/mol. The number of benzene rings is 2. The molecule has 1 aromatic heterocycles. The highest BCUT2D eigenvalue weighted by molar-refractivity contribution is 7.89. The lowest BCUT2D eigenvalue weighted by molar-refractivity contribution is 0.355. The van der Waals surface area contributed by atoms with Gasteiger partial charge in [-0.2, -0.15) is 4.31 Å². The molecule has 2 aliphatic heterocycles. The van der Waals surface area contributed by atoms with Crippen molar-refractivity contribution in [1.82, 2.24) is 19.1 Å². The second-order valence-corrected chi connectivity index (χ2v) is 10.9. The van der Waals surface area contributed by atoms with Crippen molar-refractivity contribution in [3.8, 4) is 0 Å². The summed E-state index contributed by atoms with van der Waals surface area (Å²) in [6.07, 6.45) is 6.72. The van der Waals surface area contributed by atoms with Gasteiger partial charge in [0.2, 0.25) is 10.0 Å². The number of piperidine rings is 1. The van der Waals surface area contributed by atoms with E-state index in [1.807, 2.05) is 41.0 Å². The Morgan fingerprint density at radius 3 is 2.36 bits per heavy atom. The van der Waals surface area contributed by atoms with Gasteiger partial charge in [0, 0.05) is 43.5 Å². The Bertz CT molecular complexity index is 1180. The number of rotatable bonds is 5. The van der Waals surface area contributed by atoms with Crippen LogP contribution in [-0.2, 0) is 16.6 Å². The van der Waals surface area contributed by atoms with Crippen LogP contribution in [0.4, 0.5) is 10.1 Å². The molecule has 0 radical (unpaired) electrons. The molecule has 0 saturated carbocycles. The summed E-state index contributed by atoms with van der Waals surface area (Å²) in [5.74, 6) is -0.356. The molecule has 0 amide bonds. The van der Waals surface area contributed by atoms with E-state index in [1.165, 1.54) is 4.31 Å². The van der Waals surface area contributed by atoms with Gasteiger partial charge in [-0.3, -0.25) is 0 Å². The first kappa shape index (κ1) is 22.0. The standard InChI is InChI=1S/C24H28FN5O2S/c25-23-15-22(28-13-10-21(11-14-28)29-17-26-27-18-29)9-8-20(23)16-30-12-4-7-24(33(30,31)32)19-5-2-1-3-6-19/h1-3,5-6,8-9,15,17-18,21,24H,4,7,10-14,16H2. The molecule has 9 heteroatoms. The lowest BCUT2D eigenvalue weighted by atomic mass is 10.0. The van der Waals surface area contributed by atoms with Gasteiger partial charge in [0.15, 0.2) is 0 Å². The topological polar surface area (TPSA) is 71.3 Å². The van der Waals surface area contributed by atoms with Crippen LogP contribution in [0.3, 0.4) is 0 Å². The van der Waals surface area contributed by atoms with E-state index < -0.39 is 15.3 Å². The molecule has 3 aromatic rings. The number of hydrogen-bond acceptors (Lipinski definition) is 5. The minimum atomic E-state index is -3.55. The summed E-state index contributed by atoms with van der Waals surface area (Å²) in [6.45, 7) is 2.12. The zero-order chi connectivity index (χ0) is 22.8. The van der Waals surface area contributed by atoms with E-state index in [1.54, 1.807) is 24.8 Å². The summed E-state index contributed by atoms with van der Waals surface area (Å²) in [5.41, 5.74) is 2.05. The monoisotopic (exact) mass is 469 g/mol. The van der Waals surface area contributed by atoms with Crippen LogP contribution in [0.5, 0.6) is 0 Å². The Kier molecular flexibility index (Phi) is 6.16. The number of halogens is 1. The summed E-state index contributed by atoms with van der Waals surface area (Å²) < 4.78 is 45.0. The molecule has 3 heterocycles. The minimum absolute atomic E-state index is 0.0630. The van der Waals surface area contributed by atoms with E-state index >= 15 is 4.39 Å². The van der Waals surface area contributed by atoms with Gasteiger partial charge in [0.05, 0.1) is 0 Å². The van der Waals surface area contributed by atoms with Gasteiger partial charge in [-0.05, 0) is 43.4 Å². The third-order valence-corrected chi connectivity index (χ3v) is 9.09. The van der Waals surface area contributed by atoms with E-state index in [-0.39, 0.29) is 12.4 Å². The van der Waals surface area contributed by atoms with Crippen LogP contribution < -0.4 is 4.90 Å². The summed E-state index contributed by atoms with van der Waals surface area (Å²) in [4.78, 5) is 2.18. The first-order valence-corrected chi connectivity index (χ1v) is 12.9. The number of anilines is 1. The molecule has 0 spiro atoms. The summed E-state index contributed by atoms with van der Waals surface area (Å²) in [7, 11) is -3.55. The Balaban J connectivity index is 1.27. The van der Waals surface area contributed by atoms with Crippen LogP contribution in [0.15, 0.2) is 61.2 Å². The van der Waals surface area contributed by atoms with E-state index in [4.69, 9.17) is 0 Å². The molecule has 174 valence electrons. The van der Waals surface area contributed by atoms with Crippen molar-refractivity contribution in [3.63, 3.8) is 0 Å². The molecule has 7 nitrogen and oxygen atoms in total. The third-order valence-electron chi connectivity index (χ3n) is 6.84. The predicted octanol–water partition coefficient (Wildman–Crippen LogP) is 3.93. The van der Waals surface area contributed by atoms with Gasteiger partial charge < -0.3 is 9.47 Å². The molecule has 0 bridgehead atoms. The maximum atomic E-state index is 15.1. The predicted molar refractivity (Wildman–Crippen MR) is 125 cm³/mol. The van der Waals surface area contributed by atoms with Gasteiger partial charge in [0.25, 0.3) is 0 Å². The normalized spacial score (nSPS) is 21.8. The van der Waals surface area contributed by atoms with Crippen molar-refractivity contribution in [2.45, 2.75) is 43.5 Å². The Labute approximate surface area is 193 Å². The molecular weight excluding hydrogens is 441 g/mol. The number of sulfonamides is 1. The van der Waals surface area contributed by atoms with E-state index in [0.717, 1.165) is 43.6 Å². The first-order chi connectivity index (χ1) is 16.0. The molecule has 2 aromatic carbocycles. The van der Waals surface area contributed by atoms with E-state index in [2.05, 4.69) is 15.1 Å². The highest BCUT2D eigenvalue weighted by Gasteiger charge is 2.37. The smallest absolute Gasteiger partial charge is 0.221 e. The minimum Gasteiger partial charge on any atom is -0.371 e. The lowest BCUT2D eigenvalue weighted by Gasteiger charge is -2.34. The lowest BCUT2D eigenvalue weighted by Crippen LogP contribution is -2.39. The maximum Gasteiger partial charge on any atom is 0.221 e. The van der Waals surface area contributed by atoms with Gasteiger partial charge in [0.1, 0.15) is 23.7 Å². The molecule has 2 fully saturated rings. The molecule has 1 atom stereocenters. The summed E-state index contributed by atoms with van der Waals surface area (Å²) in [5, 5.41) is 7.19. The highest BCUT2D eigenvalue weighted by atomic mass is 32.2. The zero-order valence-electron chi connectivity index (χ0n) is 18.4.